The van der Waals surface area contributed by atoms with Gasteiger partial charge in [0.1, 0.15) is 29.2 Å². The molecular weight excluding hydrogens is 361 g/mol. The van der Waals surface area contributed by atoms with Crippen LogP contribution in [0.25, 0.3) is 6.08 Å². The van der Waals surface area contributed by atoms with Gasteiger partial charge in [-0.1, -0.05) is 0 Å². The summed E-state index contributed by atoms with van der Waals surface area (Å²) >= 11 is 0. The van der Waals surface area contributed by atoms with Crippen LogP contribution in [0, 0.1) is 6.92 Å². The minimum absolute atomic E-state index is 0.174. The minimum Gasteiger partial charge on any atom is -0.498 e. The number of pyridine rings is 1. The largest absolute Gasteiger partial charge is 0.498 e. The first-order valence-corrected chi connectivity index (χ1v) is 8.23. The van der Waals surface area contributed by atoms with Gasteiger partial charge in [0, 0.05) is 37.9 Å². The molecule has 144 valence electrons. The molecule has 2 heterocycles. The fourth-order valence-corrected chi connectivity index (χ4v) is 2.91. The maximum atomic E-state index is 12.8. The Bertz CT molecular complexity index is 868. The van der Waals surface area contributed by atoms with Crippen LogP contribution >= 0.6 is 0 Å². The summed E-state index contributed by atoms with van der Waals surface area (Å²) in [5, 5.41) is 3.11. The van der Waals surface area contributed by atoms with Crippen molar-refractivity contribution in [2.45, 2.75) is 32.2 Å². The molecule has 2 aromatic heterocycles. The lowest BCUT2D eigenvalue weighted by Gasteiger charge is -2.25. The lowest BCUT2D eigenvalue weighted by Crippen LogP contribution is -2.24. The molecule has 3 rings (SSSR count). The zero-order valence-corrected chi connectivity index (χ0v) is 15.1. The molecule has 0 bridgehead atoms. The quantitative estimate of drug-likeness (QED) is 0.858. The summed E-state index contributed by atoms with van der Waals surface area (Å²) in [5.74, 6) is 1.78. The summed E-state index contributed by atoms with van der Waals surface area (Å²) in [6, 6.07) is 2.55. The predicted octanol–water partition coefficient (Wildman–Crippen LogP) is 3.37. The molecule has 0 spiro atoms. The molecule has 0 radical (unpaired) electrons. The van der Waals surface area contributed by atoms with E-state index in [4.69, 9.17) is 9.47 Å². The molecule has 0 saturated heterocycles. The molecule has 1 atom stereocenters. The van der Waals surface area contributed by atoms with Crippen molar-refractivity contribution >= 4 is 11.9 Å². The van der Waals surface area contributed by atoms with Crippen LogP contribution < -0.4 is 5.32 Å². The molecule has 9 heteroatoms. The Hall–Kier alpha value is -2.68. The molecule has 1 aliphatic carbocycles. The fraction of sp³-hybridized carbons (Fsp3) is 0.389. The van der Waals surface area contributed by atoms with E-state index >= 15 is 0 Å². The molecule has 1 aliphatic rings. The average Bonchev–Trinajstić information content (AvgIpc) is 2.64. The highest BCUT2D eigenvalue weighted by atomic mass is 19.4. The van der Waals surface area contributed by atoms with Crippen LogP contribution in [0.15, 0.2) is 24.1 Å². The van der Waals surface area contributed by atoms with Crippen LogP contribution in [0.5, 0.6) is 0 Å². The summed E-state index contributed by atoms with van der Waals surface area (Å²) in [6.07, 6.45) is -1.31. The van der Waals surface area contributed by atoms with Crippen molar-refractivity contribution in [2.75, 3.05) is 19.5 Å². The first-order valence-electron chi connectivity index (χ1n) is 8.23. The predicted molar refractivity (Wildman–Crippen MR) is 92.8 cm³/mol. The molecule has 2 aromatic rings. The van der Waals surface area contributed by atoms with Gasteiger partial charge < -0.3 is 14.8 Å². The van der Waals surface area contributed by atoms with Crippen molar-refractivity contribution in [1.29, 1.82) is 0 Å². The number of nitrogens with zero attached hydrogens (tertiary/aromatic N) is 3. The van der Waals surface area contributed by atoms with Crippen LogP contribution in [0.1, 0.15) is 28.3 Å². The van der Waals surface area contributed by atoms with Crippen molar-refractivity contribution in [1.82, 2.24) is 15.0 Å². The molecule has 1 N–H and O–H groups in total. The smallest absolute Gasteiger partial charge is 0.433 e. The summed E-state index contributed by atoms with van der Waals surface area (Å²) in [4.78, 5) is 12.2. The Kier molecular flexibility index (Phi) is 5.31. The Balaban J connectivity index is 1.87. The second-order valence-electron chi connectivity index (χ2n) is 6.06. The SMILES string of the molecule is COC1=Cc2nc(C)nc(NCc3ccnc(C(F)(F)F)c3)c2CC1OC. The maximum absolute atomic E-state index is 12.8. The van der Waals surface area contributed by atoms with E-state index in [0.717, 1.165) is 17.8 Å². The van der Waals surface area contributed by atoms with Crippen molar-refractivity contribution in [3.63, 3.8) is 0 Å². The van der Waals surface area contributed by atoms with Crippen molar-refractivity contribution in [3.8, 4) is 0 Å². The number of aromatic nitrogens is 3. The number of hydrogen-bond donors (Lipinski definition) is 1. The number of rotatable bonds is 5. The lowest BCUT2D eigenvalue weighted by atomic mass is 9.98. The molecule has 0 saturated carbocycles. The van der Waals surface area contributed by atoms with Gasteiger partial charge in [-0.05, 0) is 24.6 Å². The van der Waals surface area contributed by atoms with E-state index in [2.05, 4.69) is 20.3 Å². The summed E-state index contributed by atoms with van der Waals surface area (Å²) < 4.78 is 49.3. The van der Waals surface area contributed by atoms with Crippen LogP contribution in [0.2, 0.25) is 0 Å². The molecule has 27 heavy (non-hydrogen) atoms. The maximum Gasteiger partial charge on any atom is 0.433 e. The highest BCUT2D eigenvalue weighted by Crippen LogP contribution is 2.30. The lowest BCUT2D eigenvalue weighted by molar-refractivity contribution is -0.141. The van der Waals surface area contributed by atoms with Crippen LogP contribution in [0.3, 0.4) is 0 Å². The first kappa shape index (κ1) is 19.1. The van der Waals surface area contributed by atoms with Gasteiger partial charge in [-0.3, -0.25) is 4.98 Å². The van der Waals surface area contributed by atoms with Crippen LogP contribution in [-0.4, -0.2) is 35.3 Å². The summed E-state index contributed by atoms with van der Waals surface area (Å²) in [5.41, 5.74) is 1.07. The Morgan fingerprint density at radius 2 is 2.04 bits per heavy atom. The fourth-order valence-electron chi connectivity index (χ4n) is 2.91. The number of aryl methyl sites for hydroxylation is 1. The highest BCUT2D eigenvalue weighted by Gasteiger charge is 2.32. The van der Waals surface area contributed by atoms with Gasteiger partial charge >= 0.3 is 6.18 Å². The van der Waals surface area contributed by atoms with E-state index in [1.807, 2.05) is 0 Å². The van der Waals surface area contributed by atoms with E-state index in [9.17, 15) is 13.2 Å². The number of anilines is 1. The monoisotopic (exact) mass is 380 g/mol. The Morgan fingerprint density at radius 3 is 2.70 bits per heavy atom. The zero-order chi connectivity index (χ0) is 19.6. The highest BCUT2D eigenvalue weighted by molar-refractivity contribution is 5.63. The number of ether oxygens (including phenoxy) is 2. The van der Waals surface area contributed by atoms with Crippen molar-refractivity contribution in [2.24, 2.45) is 0 Å². The normalized spacial score (nSPS) is 16.5. The van der Waals surface area contributed by atoms with Crippen LogP contribution in [0.4, 0.5) is 19.0 Å². The van der Waals surface area contributed by atoms with Crippen molar-refractivity contribution in [3.05, 3.63) is 52.4 Å². The standard InChI is InChI=1S/C18H19F3N4O2/c1-10-24-13-8-15(27-3)14(26-2)7-12(13)17(25-10)23-9-11-4-5-22-16(6-11)18(19,20)21/h4-6,8,14H,7,9H2,1-3H3,(H,23,24,25). The summed E-state index contributed by atoms with van der Waals surface area (Å²) in [6.45, 7) is 1.93. The van der Waals surface area contributed by atoms with Gasteiger partial charge in [-0.15, -0.1) is 0 Å². The first-order chi connectivity index (χ1) is 12.8. The number of alkyl halides is 3. The van der Waals surface area contributed by atoms with Crippen molar-refractivity contribution < 1.29 is 22.6 Å². The third kappa shape index (κ3) is 4.19. The molecule has 0 aromatic carbocycles. The third-order valence-corrected chi connectivity index (χ3v) is 4.23. The number of nitrogens with one attached hydrogen (secondary N) is 1. The van der Waals surface area contributed by atoms with Gasteiger partial charge in [-0.2, -0.15) is 13.2 Å². The number of methoxy groups -OCH3 is 2. The van der Waals surface area contributed by atoms with Gasteiger partial charge in [0.15, 0.2) is 0 Å². The minimum atomic E-state index is -4.48. The van der Waals surface area contributed by atoms with E-state index < -0.39 is 11.9 Å². The van der Waals surface area contributed by atoms with E-state index in [0.29, 0.717) is 35.1 Å². The molecule has 1 unspecified atom stereocenters. The summed E-state index contributed by atoms with van der Waals surface area (Å²) in [7, 11) is 3.15. The number of fused-ring (bicyclic) bond motifs is 1. The molecule has 0 fully saturated rings. The number of hydrogen-bond acceptors (Lipinski definition) is 6. The molecule has 0 amide bonds. The van der Waals surface area contributed by atoms with Crippen LogP contribution in [-0.2, 0) is 28.6 Å². The Labute approximate surface area is 154 Å². The third-order valence-electron chi connectivity index (χ3n) is 4.23. The second-order valence-corrected chi connectivity index (χ2v) is 6.06. The van der Waals surface area contributed by atoms with Gasteiger partial charge in [-0.25, -0.2) is 9.97 Å². The second kappa shape index (κ2) is 7.51. The average molecular weight is 380 g/mol. The van der Waals surface area contributed by atoms with E-state index in [-0.39, 0.29) is 12.6 Å². The van der Waals surface area contributed by atoms with Gasteiger partial charge in [0.25, 0.3) is 0 Å². The van der Waals surface area contributed by atoms with Gasteiger partial charge in [0.2, 0.25) is 0 Å². The Morgan fingerprint density at radius 1 is 1.26 bits per heavy atom. The van der Waals surface area contributed by atoms with E-state index in [1.54, 1.807) is 27.2 Å². The number of halogens is 3. The van der Waals surface area contributed by atoms with Gasteiger partial charge in [0.05, 0.1) is 12.8 Å². The van der Waals surface area contributed by atoms with E-state index in [1.165, 1.54) is 6.07 Å². The molecular formula is C18H19F3N4O2. The molecule has 6 nitrogen and oxygen atoms in total. The zero-order valence-electron chi connectivity index (χ0n) is 15.1. The molecule has 0 aliphatic heterocycles. The topological polar surface area (TPSA) is 69.2 Å².